The number of benzene rings is 2. The molecule has 0 unspecified atom stereocenters. The molecule has 3 aromatic heterocycles. The number of fused-ring (bicyclic) bond motifs is 1. The number of nitrogens with two attached hydrogens (primary N) is 1. The second-order valence-corrected chi connectivity index (χ2v) is 7.46. The molecule has 3 heterocycles. The Balaban J connectivity index is 1.66. The van der Waals surface area contributed by atoms with Gasteiger partial charge in [-0.05, 0) is 48.4 Å². The zero-order chi connectivity index (χ0) is 22.1. The summed E-state index contributed by atoms with van der Waals surface area (Å²) >= 11 is 0. The zero-order valence-corrected chi connectivity index (χ0v) is 17.3. The van der Waals surface area contributed by atoms with Crippen LogP contribution < -0.4 is 11.1 Å². The Kier molecular flexibility index (Phi) is 4.95. The summed E-state index contributed by atoms with van der Waals surface area (Å²) in [5.41, 5.74) is 10.9. The summed E-state index contributed by atoms with van der Waals surface area (Å²) in [4.78, 5) is 13.4. The van der Waals surface area contributed by atoms with E-state index in [0.717, 1.165) is 16.8 Å². The van der Waals surface area contributed by atoms with Crippen LogP contribution in [0.2, 0.25) is 0 Å². The second kappa shape index (κ2) is 8.07. The lowest BCUT2D eigenvalue weighted by Crippen LogP contribution is -2.05. The van der Waals surface area contributed by atoms with Crippen molar-refractivity contribution in [2.24, 2.45) is 0 Å². The first-order chi connectivity index (χ1) is 15.6. The molecule has 2 aromatic carbocycles. The fraction of sp³-hybridized carbons (Fsp3) is 0.0833. The lowest BCUT2D eigenvalue weighted by Gasteiger charge is -2.09. The summed E-state index contributed by atoms with van der Waals surface area (Å²) in [7, 11) is 0. The van der Waals surface area contributed by atoms with Crippen molar-refractivity contribution in [2.45, 2.75) is 13.5 Å². The molecule has 0 spiro atoms. The Hall–Kier alpha value is -4.33. The van der Waals surface area contributed by atoms with Crippen molar-refractivity contribution < 1.29 is 4.39 Å². The van der Waals surface area contributed by atoms with Crippen LogP contribution in [0.5, 0.6) is 0 Å². The highest BCUT2D eigenvalue weighted by Gasteiger charge is 2.19. The Morgan fingerprint density at radius 1 is 1.03 bits per heavy atom. The molecule has 0 aliphatic heterocycles. The summed E-state index contributed by atoms with van der Waals surface area (Å²) in [5.74, 6) is 0.405. The van der Waals surface area contributed by atoms with Crippen molar-refractivity contribution >= 4 is 22.8 Å². The monoisotopic (exact) mass is 425 g/mol. The van der Waals surface area contributed by atoms with E-state index in [1.807, 2.05) is 43.3 Å². The van der Waals surface area contributed by atoms with Crippen LogP contribution in [0.3, 0.4) is 0 Å². The van der Waals surface area contributed by atoms with Crippen LogP contribution in [-0.2, 0) is 6.54 Å². The minimum Gasteiger partial charge on any atom is -0.383 e. The number of anilines is 2. The van der Waals surface area contributed by atoms with E-state index < -0.39 is 0 Å². The number of nitrogen functional groups attached to an aromatic ring is 1. The highest BCUT2D eigenvalue weighted by atomic mass is 19.1. The minimum absolute atomic E-state index is 0.358. The van der Waals surface area contributed by atoms with Crippen LogP contribution in [0.4, 0.5) is 16.2 Å². The number of aromatic nitrogens is 5. The number of hydrogen-bond donors (Lipinski definition) is 2. The number of nitrogens with one attached hydrogen (secondary N) is 1. The lowest BCUT2D eigenvalue weighted by atomic mass is 10.1. The first-order valence-electron chi connectivity index (χ1n) is 10.1. The van der Waals surface area contributed by atoms with Gasteiger partial charge in [-0.15, -0.1) is 5.10 Å². The molecule has 0 aliphatic carbocycles. The minimum atomic E-state index is -0.358. The van der Waals surface area contributed by atoms with E-state index in [1.54, 1.807) is 29.2 Å². The Labute approximate surface area is 183 Å². The van der Waals surface area contributed by atoms with Gasteiger partial charge in [0, 0.05) is 24.5 Å². The quantitative estimate of drug-likeness (QED) is 0.430. The van der Waals surface area contributed by atoms with E-state index in [-0.39, 0.29) is 5.82 Å². The molecule has 0 amide bonds. The highest BCUT2D eigenvalue weighted by Crippen LogP contribution is 2.33. The topological polar surface area (TPSA) is 94.5 Å². The standard InChI is InChI=1S/C24H20FN7/c1-15-5-2-9-19(11-15)32-22(26)20-21(17-7-3-8-18(25)12-17)29-24(30-23(20)31-32)28-14-16-6-4-10-27-13-16/h2-13H,14,26H2,1H3,(H,28,30,31). The van der Waals surface area contributed by atoms with Crippen molar-refractivity contribution in [3.63, 3.8) is 0 Å². The van der Waals surface area contributed by atoms with E-state index >= 15 is 0 Å². The van der Waals surface area contributed by atoms with Gasteiger partial charge in [-0.3, -0.25) is 4.98 Å². The molecular formula is C24H20FN7. The van der Waals surface area contributed by atoms with Gasteiger partial charge >= 0.3 is 0 Å². The molecule has 158 valence electrons. The van der Waals surface area contributed by atoms with Gasteiger partial charge in [-0.25, -0.2) is 14.1 Å². The zero-order valence-electron chi connectivity index (χ0n) is 17.3. The third-order valence-electron chi connectivity index (χ3n) is 5.09. The third kappa shape index (κ3) is 3.74. The molecule has 0 bridgehead atoms. The van der Waals surface area contributed by atoms with Gasteiger partial charge in [0.1, 0.15) is 11.6 Å². The Morgan fingerprint density at radius 2 is 1.91 bits per heavy atom. The maximum Gasteiger partial charge on any atom is 0.225 e. The number of rotatable bonds is 5. The fourth-order valence-corrected chi connectivity index (χ4v) is 3.58. The van der Waals surface area contributed by atoms with Crippen molar-refractivity contribution in [1.82, 2.24) is 24.7 Å². The molecule has 0 atom stereocenters. The van der Waals surface area contributed by atoms with Crippen molar-refractivity contribution in [2.75, 3.05) is 11.1 Å². The highest BCUT2D eigenvalue weighted by molar-refractivity contribution is 5.99. The molecule has 0 saturated carbocycles. The molecule has 32 heavy (non-hydrogen) atoms. The van der Waals surface area contributed by atoms with E-state index in [0.29, 0.717) is 40.6 Å². The summed E-state index contributed by atoms with van der Waals surface area (Å²) in [6.45, 7) is 2.48. The second-order valence-electron chi connectivity index (χ2n) is 7.46. The van der Waals surface area contributed by atoms with Crippen LogP contribution in [-0.4, -0.2) is 24.7 Å². The van der Waals surface area contributed by atoms with Crippen molar-refractivity contribution in [3.05, 3.63) is 90.0 Å². The molecule has 8 heteroatoms. The van der Waals surface area contributed by atoms with E-state index in [1.165, 1.54) is 12.1 Å². The Morgan fingerprint density at radius 3 is 2.69 bits per heavy atom. The smallest absolute Gasteiger partial charge is 0.225 e. The van der Waals surface area contributed by atoms with Gasteiger partial charge in [0.15, 0.2) is 5.65 Å². The van der Waals surface area contributed by atoms with Gasteiger partial charge in [0.2, 0.25) is 5.95 Å². The number of nitrogens with zero attached hydrogens (tertiary/aromatic N) is 5. The third-order valence-corrected chi connectivity index (χ3v) is 5.09. The molecule has 0 saturated heterocycles. The number of pyridine rings is 1. The summed E-state index contributed by atoms with van der Waals surface area (Å²) in [6.07, 6.45) is 3.48. The van der Waals surface area contributed by atoms with Crippen LogP contribution in [0.25, 0.3) is 28.0 Å². The first kappa shape index (κ1) is 19.6. The number of aryl methyl sites for hydroxylation is 1. The van der Waals surface area contributed by atoms with Crippen molar-refractivity contribution in [3.8, 4) is 16.9 Å². The number of halogens is 1. The molecule has 0 aliphatic rings. The van der Waals surface area contributed by atoms with Gasteiger partial charge in [0.25, 0.3) is 0 Å². The Bertz CT molecular complexity index is 1410. The van der Waals surface area contributed by atoms with Crippen LogP contribution >= 0.6 is 0 Å². The van der Waals surface area contributed by atoms with Gasteiger partial charge < -0.3 is 11.1 Å². The van der Waals surface area contributed by atoms with E-state index in [4.69, 9.17) is 5.73 Å². The van der Waals surface area contributed by atoms with Crippen LogP contribution in [0.15, 0.2) is 73.1 Å². The maximum atomic E-state index is 14.0. The molecule has 5 aromatic rings. The molecule has 0 radical (unpaired) electrons. The molecule has 0 fully saturated rings. The summed E-state index contributed by atoms with van der Waals surface area (Å²) < 4.78 is 15.7. The van der Waals surface area contributed by atoms with Gasteiger partial charge in [0.05, 0.1) is 16.8 Å². The average molecular weight is 425 g/mol. The van der Waals surface area contributed by atoms with E-state index in [2.05, 4.69) is 25.4 Å². The average Bonchev–Trinajstić information content (AvgIpc) is 3.14. The normalized spacial score (nSPS) is 11.1. The SMILES string of the molecule is Cc1cccc(-n2nc3nc(NCc4cccnc4)nc(-c4cccc(F)c4)c3c2N)c1. The van der Waals surface area contributed by atoms with Gasteiger partial charge in [-0.2, -0.15) is 4.98 Å². The number of hydrogen-bond acceptors (Lipinski definition) is 6. The van der Waals surface area contributed by atoms with Crippen molar-refractivity contribution in [1.29, 1.82) is 0 Å². The molecule has 7 nitrogen and oxygen atoms in total. The fourth-order valence-electron chi connectivity index (χ4n) is 3.58. The summed E-state index contributed by atoms with van der Waals surface area (Å²) in [6, 6.07) is 17.9. The first-order valence-corrected chi connectivity index (χ1v) is 10.1. The van der Waals surface area contributed by atoms with Crippen LogP contribution in [0, 0.1) is 12.7 Å². The summed E-state index contributed by atoms with van der Waals surface area (Å²) in [5, 5.41) is 8.42. The lowest BCUT2D eigenvalue weighted by molar-refractivity contribution is 0.628. The van der Waals surface area contributed by atoms with Gasteiger partial charge in [-0.1, -0.05) is 30.3 Å². The van der Waals surface area contributed by atoms with E-state index in [9.17, 15) is 4.39 Å². The largest absolute Gasteiger partial charge is 0.383 e. The van der Waals surface area contributed by atoms with Crippen LogP contribution in [0.1, 0.15) is 11.1 Å². The predicted octanol–water partition coefficient (Wildman–Crippen LogP) is 4.52. The predicted molar refractivity (Wildman–Crippen MR) is 123 cm³/mol. The maximum absolute atomic E-state index is 14.0. The molecular weight excluding hydrogens is 405 g/mol. The molecule has 5 rings (SSSR count). The molecule has 3 N–H and O–H groups in total.